The molecule has 0 atom stereocenters. The molecule has 1 fully saturated rings. The van der Waals surface area contributed by atoms with E-state index in [1.165, 1.54) is 11.8 Å². The van der Waals surface area contributed by atoms with Crippen molar-refractivity contribution in [3.05, 3.63) is 109 Å². The molecule has 1 aliphatic heterocycles. The van der Waals surface area contributed by atoms with Crippen molar-refractivity contribution in [1.82, 2.24) is 30.2 Å². The van der Waals surface area contributed by atoms with Gasteiger partial charge in [-0.3, -0.25) is 9.59 Å². The fourth-order valence-corrected chi connectivity index (χ4v) is 6.07. The Kier molecular flexibility index (Phi) is 8.01. The second-order valence-electron chi connectivity index (χ2n) is 11.9. The molecule has 2 amide bonds. The largest absolute Gasteiger partial charge is 0.369 e. The average Bonchev–Trinajstić information content (AvgIpc) is 3.70. The predicted octanol–water partition coefficient (Wildman–Crippen LogP) is 5.89. The molecule has 0 bridgehead atoms. The van der Waals surface area contributed by atoms with Crippen molar-refractivity contribution in [2.24, 2.45) is 0 Å². The summed E-state index contributed by atoms with van der Waals surface area (Å²) >= 11 is 0. The van der Waals surface area contributed by atoms with Crippen LogP contribution in [-0.2, 0) is 11.3 Å². The second kappa shape index (κ2) is 12.6. The van der Waals surface area contributed by atoms with E-state index in [2.05, 4.69) is 78.3 Å². The Labute approximate surface area is 272 Å². The number of piperazine rings is 1. The van der Waals surface area contributed by atoms with Crippen molar-refractivity contribution in [2.45, 2.75) is 13.5 Å². The van der Waals surface area contributed by atoms with Crippen molar-refractivity contribution in [1.29, 1.82) is 0 Å². The Balaban J connectivity index is 1.26. The summed E-state index contributed by atoms with van der Waals surface area (Å²) in [5.41, 5.74) is 9.28. The monoisotopic (exact) mass is 624 g/mol. The standard InChI is InChI=1S/C37H36N8O2/c1-4-33(46)42-31-20-25(10-9-23(31)2)34-28-19-26(37(47)39-22-32-40-29-7-5-6-8-30(29)41-32)21-38-36(28)43-35(34)24-11-13-27(14-12-24)45-17-15-44(3)16-18-45/h4-14,19-21H,1,15-18,22H2,2-3H3,(H,38,43)(H,39,47)(H,40,41)(H,42,46). The Hall–Kier alpha value is -5.74. The summed E-state index contributed by atoms with van der Waals surface area (Å²) in [5.74, 6) is 0.133. The third-order valence-corrected chi connectivity index (χ3v) is 8.76. The van der Waals surface area contributed by atoms with E-state index in [1.54, 1.807) is 6.20 Å². The number of pyridine rings is 1. The number of fused-ring (bicyclic) bond motifs is 2. The number of benzene rings is 3. The molecule has 0 aliphatic carbocycles. The van der Waals surface area contributed by atoms with Gasteiger partial charge in [-0.2, -0.15) is 0 Å². The third kappa shape index (κ3) is 6.10. The third-order valence-electron chi connectivity index (χ3n) is 8.76. The molecule has 4 N–H and O–H groups in total. The zero-order chi connectivity index (χ0) is 32.5. The number of rotatable bonds is 8. The van der Waals surface area contributed by atoms with Crippen LogP contribution in [0.15, 0.2) is 91.6 Å². The van der Waals surface area contributed by atoms with Gasteiger partial charge in [0.2, 0.25) is 5.91 Å². The minimum Gasteiger partial charge on any atom is -0.369 e. The molecule has 47 heavy (non-hydrogen) atoms. The number of anilines is 2. The van der Waals surface area contributed by atoms with Gasteiger partial charge in [-0.1, -0.05) is 43.0 Å². The molecule has 0 saturated carbocycles. The number of nitrogens with zero attached hydrogens (tertiary/aromatic N) is 4. The second-order valence-corrected chi connectivity index (χ2v) is 11.9. The quantitative estimate of drug-likeness (QED) is 0.157. The van der Waals surface area contributed by atoms with Crippen molar-refractivity contribution < 1.29 is 9.59 Å². The first-order chi connectivity index (χ1) is 22.9. The lowest BCUT2D eigenvalue weighted by Gasteiger charge is -2.34. The van der Waals surface area contributed by atoms with Gasteiger partial charge in [0, 0.05) is 54.7 Å². The normalized spacial score (nSPS) is 13.6. The molecular formula is C37H36N8O2. The molecule has 7 rings (SSSR count). The summed E-state index contributed by atoms with van der Waals surface area (Å²) in [6.45, 7) is 9.83. The fraction of sp³-hybridized carbons (Fsp3) is 0.189. The number of carbonyl (C=O) groups excluding carboxylic acids is 2. The first kappa shape index (κ1) is 29.9. The van der Waals surface area contributed by atoms with Crippen molar-refractivity contribution in [3.63, 3.8) is 0 Å². The zero-order valence-corrected chi connectivity index (χ0v) is 26.4. The van der Waals surface area contributed by atoms with Gasteiger partial charge in [0.05, 0.1) is 28.8 Å². The Morgan fingerprint density at radius 1 is 0.957 bits per heavy atom. The van der Waals surface area contributed by atoms with Crippen LogP contribution >= 0.6 is 0 Å². The van der Waals surface area contributed by atoms with E-state index in [0.29, 0.717) is 22.7 Å². The first-order valence-corrected chi connectivity index (χ1v) is 15.7. The maximum atomic E-state index is 13.4. The van der Waals surface area contributed by atoms with Crippen LogP contribution in [0.3, 0.4) is 0 Å². The molecule has 3 aromatic carbocycles. The molecule has 6 aromatic rings. The minimum absolute atomic E-state index is 0.251. The molecule has 1 saturated heterocycles. The molecule has 1 aliphatic rings. The summed E-state index contributed by atoms with van der Waals surface area (Å²) < 4.78 is 0. The van der Waals surface area contributed by atoms with E-state index in [-0.39, 0.29) is 18.4 Å². The number of likely N-dealkylation sites (N-methyl/N-ethyl adjacent to an activating group) is 1. The van der Waals surface area contributed by atoms with Crippen LogP contribution in [-0.4, -0.2) is 69.9 Å². The van der Waals surface area contributed by atoms with Gasteiger partial charge in [-0.05, 0) is 73.1 Å². The molecule has 4 heterocycles. The first-order valence-electron chi connectivity index (χ1n) is 15.7. The lowest BCUT2D eigenvalue weighted by atomic mass is 9.96. The van der Waals surface area contributed by atoms with E-state index >= 15 is 0 Å². The van der Waals surface area contributed by atoms with Gasteiger partial charge >= 0.3 is 0 Å². The summed E-state index contributed by atoms with van der Waals surface area (Å²) in [6, 6.07) is 24.1. The molecule has 236 valence electrons. The van der Waals surface area contributed by atoms with Crippen LogP contribution in [0, 0.1) is 6.92 Å². The van der Waals surface area contributed by atoms with E-state index < -0.39 is 0 Å². The molecule has 10 heteroatoms. The van der Waals surface area contributed by atoms with Crippen molar-refractivity contribution >= 4 is 45.3 Å². The summed E-state index contributed by atoms with van der Waals surface area (Å²) in [6.07, 6.45) is 2.84. The lowest BCUT2D eigenvalue weighted by Crippen LogP contribution is -2.44. The number of hydrogen-bond donors (Lipinski definition) is 4. The van der Waals surface area contributed by atoms with Gasteiger partial charge < -0.3 is 30.4 Å². The minimum atomic E-state index is -0.283. The van der Waals surface area contributed by atoms with Crippen LogP contribution < -0.4 is 15.5 Å². The number of hydrogen-bond acceptors (Lipinski definition) is 6. The van der Waals surface area contributed by atoms with Crippen LogP contribution in [0.1, 0.15) is 21.7 Å². The number of nitrogens with one attached hydrogen (secondary N) is 4. The molecule has 0 unspecified atom stereocenters. The highest BCUT2D eigenvalue weighted by Gasteiger charge is 2.20. The number of para-hydroxylation sites is 2. The Morgan fingerprint density at radius 2 is 1.72 bits per heavy atom. The van der Waals surface area contributed by atoms with Gasteiger partial charge in [0.1, 0.15) is 11.5 Å². The Morgan fingerprint density at radius 3 is 2.49 bits per heavy atom. The number of H-pyrrole nitrogens is 2. The molecule has 0 radical (unpaired) electrons. The molecular weight excluding hydrogens is 588 g/mol. The lowest BCUT2D eigenvalue weighted by molar-refractivity contribution is -0.111. The summed E-state index contributed by atoms with van der Waals surface area (Å²) in [5, 5.41) is 6.69. The fourth-order valence-electron chi connectivity index (χ4n) is 6.07. The molecule has 10 nitrogen and oxygen atoms in total. The van der Waals surface area contributed by atoms with E-state index in [1.807, 2.05) is 55.5 Å². The molecule has 0 spiro atoms. The summed E-state index contributed by atoms with van der Waals surface area (Å²) in [7, 11) is 2.15. The number of aryl methyl sites for hydroxylation is 1. The molecule has 3 aromatic heterocycles. The van der Waals surface area contributed by atoms with Gasteiger partial charge in [-0.15, -0.1) is 0 Å². The smallest absolute Gasteiger partial charge is 0.253 e. The van der Waals surface area contributed by atoms with Gasteiger partial charge in [-0.25, -0.2) is 9.97 Å². The van der Waals surface area contributed by atoms with Crippen molar-refractivity contribution in [3.8, 4) is 22.4 Å². The van der Waals surface area contributed by atoms with E-state index in [0.717, 1.165) is 70.5 Å². The van der Waals surface area contributed by atoms with Gasteiger partial charge in [0.15, 0.2) is 0 Å². The zero-order valence-electron chi connectivity index (χ0n) is 26.4. The number of aromatic nitrogens is 4. The highest BCUT2D eigenvalue weighted by atomic mass is 16.2. The Bertz CT molecular complexity index is 2090. The average molecular weight is 625 g/mol. The van der Waals surface area contributed by atoms with E-state index in [4.69, 9.17) is 0 Å². The maximum Gasteiger partial charge on any atom is 0.253 e. The maximum absolute atomic E-state index is 13.4. The van der Waals surface area contributed by atoms with Gasteiger partial charge in [0.25, 0.3) is 5.91 Å². The van der Waals surface area contributed by atoms with Crippen LogP contribution in [0.2, 0.25) is 0 Å². The van der Waals surface area contributed by atoms with Crippen LogP contribution in [0.25, 0.3) is 44.5 Å². The SMILES string of the molecule is C=CC(=O)Nc1cc(-c2c(-c3ccc(N4CCN(C)CC4)cc3)[nH]c3ncc(C(=O)NCc4nc5ccccc5[nH]4)cc23)ccc1C. The number of aromatic amines is 2. The highest BCUT2D eigenvalue weighted by Crippen LogP contribution is 2.40. The number of carbonyl (C=O) groups is 2. The highest BCUT2D eigenvalue weighted by molar-refractivity contribution is 6.07. The van der Waals surface area contributed by atoms with Crippen LogP contribution in [0.5, 0.6) is 0 Å². The van der Waals surface area contributed by atoms with E-state index in [9.17, 15) is 9.59 Å². The number of imidazole rings is 1. The van der Waals surface area contributed by atoms with Crippen LogP contribution in [0.4, 0.5) is 11.4 Å². The van der Waals surface area contributed by atoms with Crippen molar-refractivity contribution in [2.75, 3.05) is 43.4 Å². The summed E-state index contributed by atoms with van der Waals surface area (Å²) in [4.78, 5) is 46.4. The predicted molar refractivity (Wildman–Crippen MR) is 188 cm³/mol. The number of amides is 2. The topological polar surface area (TPSA) is 122 Å².